The summed E-state index contributed by atoms with van der Waals surface area (Å²) in [6, 6.07) is 16.7. The number of nitrogens with one attached hydrogen (secondary N) is 1. The Balaban J connectivity index is 1.51. The summed E-state index contributed by atoms with van der Waals surface area (Å²) < 4.78 is 0. The lowest BCUT2D eigenvalue weighted by atomic mass is 9.89. The molecule has 0 saturated heterocycles. The zero-order chi connectivity index (χ0) is 24.6. The van der Waals surface area contributed by atoms with Gasteiger partial charge in [0.2, 0.25) is 5.91 Å². The topological polar surface area (TPSA) is 121 Å². The summed E-state index contributed by atoms with van der Waals surface area (Å²) >= 11 is 0. The summed E-state index contributed by atoms with van der Waals surface area (Å²) in [5.41, 5.74) is 10.5. The number of amides is 1. The highest BCUT2D eigenvalue weighted by molar-refractivity contribution is 5.83. The molecular formula is C27H31N5O3. The third-order valence-electron chi connectivity index (χ3n) is 6.40. The molecule has 2 heterocycles. The van der Waals surface area contributed by atoms with Crippen LogP contribution in [-0.2, 0) is 35.6 Å². The first-order valence-electron chi connectivity index (χ1n) is 11.9. The molecule has 35 heavy (non-hydrogen) atoms. The van der Waals surface area contributed by atoms with Gasteiger partial charge in [-0.3, -0.25) is 24.5 Å². The number of rotatable bonds is 11. The van der Waals surface area contributed by atoms with Crippen LogP contribution in [-0.4, -0.2) is 37.9 Å². The number of benzene rings is 1. The number of carboxylic acid groups (broad SMARTS) is 1. The van der Waals surface area contributed by atoms with Crippen molar-refractivity contribution in [3.8, 4) is 0 Å². The second-order valence-corrected chi connectivity index (χ2v) is 8.89. The van der Waals surface area contributed by atoms with Crippen molar-refractivity contribution in [2.75, 3.05) is 0 Å². The monoisotopic (exact) mass is 473 g/mol. The third kappa shape index (κ3) is 6.49. The van der Waals surface area contributed by atoms with Crippen molar-refractivity contribution in [2.45, 2.75) is 57.4 Å². The van der Waals surface area contributed by atoms with Crippen molar-refractivity contribution in [3.05, 3.63) is 95.1 Å². The second kappa shape index (κ2) is 11.7. The zero-order valence-electron chi connectivity index (χ0n) is 19.6. The molecule has 8 nitrogen and oxygen atoms in total. The third-order valence-corrected chi connectivity index (χ3v) is 6.40. The molecule has 4 rings (SSSR count). The summed E-state index contributed by atoms with van der Waals surface area (Å²) in [6.07, 6.45) is 5.91. The molecule has 0 bridgehead atoms. The van der Waals surface area contributed by atoms with Gasteiger partial charge in [-0.25, -0.2) is 0 Å². The first-order valence-corrected chi connectivity index (χ1v) is 11.9. The molecular weight excluding hydrogens is 442 g/mol. The largest absolute Gasteiger partial charge is 0.480 e. The van der Waals surface area contributed by atoms with E-state index in [0.29, 0.717) is 19.6 Å². The molecule has 1 aromatic carbocycles. The first-order chi connectivity index (χ1) is 17.0. The summed E-state index contributed by atoms with van der Waals surface area (Å²) in [4.78, 5) is 34.8. The van der Waals surface area contributed by atoms with Gasteiger partial charge in [-0.05, 0) is 54.2 Å². The van der Waals surface area contributed by atoms with E-state index in [-0.39, 0.29) is 12.5 Å². The average molecular weight is 474 g/mol. The van der Waals surface area contributed by atoms with Crippen molar-refractivity contribution in [1.82, 2.24) is 20.2 Å². The minimum absolute atomic E-state index is 0.194. The molecule has 2 atom stereocenters. The Bertz CT molecular complexity index is 1140. The number of carbonyl (C=O) groups is 2. The fraction of sp³-hybridized carbons (Fsp3) is 0.333. The Morgan fingerprint density at radius 3 is 2.51 bits per heavy atom. The number of aryl methyl sites for hydroxylation is 1. The quantitative estimate of drug-likeness (QED) is 0.391. The van der Waals surface area contributed by atoms with Gasteiger partial charge in [-0.1, -0.05) is 36.4 Å². The van der Waals surface area contributed by atoms with Gasteiger partial charge in [0.15, 0.2) is 0 Å². The van der Waals surface area contributed by atoms with Crippen LogP contribution in [0.15, 0.2) is 67.0 Å². The van der Waals surface area contributed by atoms with Crippen LogP contribution in [0.3, 0.4) is 0 Å². The lowest BCUT2D eigenvalue weighted by Gasteiger charge is -2.38. The number of nitrogens with two attached hydrogens (primary N) is 1. The van der Waals surface area contributed by atoms with Crippen molar-refractivity contribution in [3.63, 3.8) is 0 Å². The Kier molecular flexibility index (Phi) is 8.18. The number of aliphatic carboxylic acids is 1. The molecule has 1 aliphatic rings. The van der Waals surface area contributed by atoms with E-state index in [2.05, 4.69) is 15.3 Å². The standard InChI is InChI=1S/C27H31N5O3/c28-25(33)15-24(27(34)35)32(23-8-3-5-21-6-4-14-31-26(21)23)18-20-11-9-19(10-12-20)16-29-17-22-7-1-2-13-30-22/h1-2,4,6-7,9-14,23-24,29H,3,5,8,15-18H2,(H2,28,33)(H,34,35). The number of nitrogens with zero attached hydrogens (tertiary/aromatic N) is 3. The van der Waals surface area contributed by atoms with Crippen molar-refractivity contribution in [1.29, 1.82) is 0 Å². The summed E-state index contributed by atoms with van der Waals surface area (Å²) in [6.45, 7) is 1.75. The predicted octanol–water partition coefficient (Wildman–Crippen LogP) is 2.97. The van der Waals surface area contributed by atoms with E-state index in [9.17, 15) is 14.7 Å². The van der Waals surface area contributed by atoms with Crippen LogP contribution in [0.25, 0.3) is 0 Å². The average Bonchev–Trinajstić information content (AvgIpc) is 2.87. The van der Waals surface area contributed by atoms with Crippen LogP contribution < -0.4 is 11.1 Å². The van der Waals surface area contributed by atoms with Crippen molar-refractivity contribution < 1.29 is 14.7 Å². The Labute approximate surface area is 205 Å². The molecule has 0 aliphatic heterocycles. The molecule has 2 unspecified atom stereocenters. The number of aromatic nitrogens is 2. The predicted molar refractivity (Wildman–Crippen MR) is 132 cm³/mol. The number of carboxylic acids is 1. The van der Waals surface area contributed by atoms with E-state index in [1.165, 1.54) is 0 Å². The fourth-order valence-electron chi connectivity index (χ4n) is 4.69. The highest BCUT2D eigenvalue weighted by Crippen LogP contribution is 2.35. The molecule has 8 heteroatoms. The Morgan fingerprint density at radius 1 is 1.03 bits per heavy atom. The highest BCUT2D eigenvalue weighted by Gasteiger charge is 2.36. The van der Waals surface area contributed by atoms with Gasteiger partial charge in [-0.15, -0.1) is 0 Å². The molecule has 2 aromatic heterocycles. The minimum atomic E-state index is -1.05. The number of hydrogen-bond donors (Lipinski definition) is 3. The molecule has 3 aromatic rings. The number of primary amides is 1. The van der Waals surface area contributed by atoms with Gasteiger partial charge in [-0.2, -0.15) is 0 Å². The number of fused-ring (bicyclic) bond motifs is 1. The SMILES string of the molecule is NC(=O)CC(C(=O)O)N(Cc1ccc(CNCc2ccccn2)cc1)C1CCCc2cccnc21. The van der Waals surface area contributed by atoms with E-state index in [0.717, 1.165) is 47.3 Å². The maximum Gasteiger partial charge on any atom is 0.321 e. The van der Waals surface area contributed by atoms with Gasteiger partial charge < -0.3 is 16.2 Å². The molecule has 0 spiro atoms. The molecule has 0 saturated carbocycles. The van der Waals surface area contributed by atoms with Crippen LogP contribution in [0, 0.1) is 0 Å². The lowest BCUT2D eigenvalue weighted by molar-refractivity contribution is -0.147. The summed E-state index contributed by atoms with van der Waals surface area (Å²) in [5.74, 6) is -1.68. The molecule has 0 radical (unpaired) electrons. The van der Waals surface area contributed by atoms with Gasteiger partial charge >= 0.3 is 5.97 Å². The van der Waals surface area contributed by atoms with Crippen LogP contribution in [0.1, 0.15) is 53.4 Å². The summed E-state index contributed by atoms with van der Waals surface area (Å²) in [7, 11) is 0. The van der Waals surface area contributed by atoms with Gasteiger partial charge in [0, 0.05) is 32.0 Å². The van der Waals surface area contributed by atoms with Crippen LogP contribution in [0.2, 0.25) is 0 Å². The normalized spacial score (nSPS) is 16.0. The molecule has 1 aliphatic carbocycles. The van der Waals surface area contributed by atoms with Gasteiger partial charge in [0.05, 0.1) is 23.9 Å². The molecule has 4 N–H and O–H groups in total. The van der Waals surface area contributed by atoms with Gasteiger partial charge in [0.25, 0.3) is 0 Å². The maximum absolute atomic E-state index is 12.2. The van der Waals surface area contributed by atoms with E-state index in [1.54, 1.807) is 12.4 Å². The van der Waals surface area contributed by atoms with E-state index >= 15 is 0 Å². The molecule has 182 valence electrons. The van der Waals surface area contributed by atoms with Crippen LogP contribution >= 0.6 is 0 Å². The van der Waals surface area contributed by atoms with Crippen molar-refractivity contribution in [2.24, 2.45) is 5.73 Å². The van der Waals surface area contributed by atoms with E-state index in [1.807, 2.05) is 59.5 Å². The van der Waals surface area contributed by atoms with Gasteiger partial charge in [0.1, 0.15) is 6.04 Å². The molecule has 0 fully saturated rings. The van der Waals surface area contributed by atoms with Crippen molar-refractivity contribution >= 4 is 11.9 Å². The fourth-order valence-corrected chi connectivity index (χ4v) is 4.69. The molecule has 1 amide bonds. The number of carbonyl (C=O) groups excluding carboxylic acids is 1. The Morgan fingerprint density at radius 2 is 1.80 bits per heavy atom. The number of hydrogen-bond acceptors (Lipinski definition) is 6. The minimum Gasteiger partial charge on any atom is -0.480 e. The first kappa shape index (κ1) is 24.5. The smallest absolute Gasteiger partial charge is 0.321 e. The second-order valence-electron chi connectivity index (χ2n) is 8.89. The van der Waals surface area contributed by atoms with Crippen LogP contribution in [0.4, 0.5) is 0 Å². The maximum atomic E-state index is 12.2. The van der Waals surface area contributed by atoms with E-state index < -0.39 is 17.9 Å². The number of pyridine rings is 2. The summed E-state index contributed by atoms with van der Waals surface area (Å²) in [5, 5.41) is 13.4. The highest BCUT2D eigenvalue weighted by atomic mass is 16.4. The van der Waals surface area contributed by atoms with E-state index in [4.69, 9.17) is 5.73 Å². The lowest BCUT2D eigenvalue weighted by Crippen LogP contribution is -2.46. The zero-order valence-corrected chi connectivity index (χ0v) is 19.6. The van der Waals surface area contributed by atoms with Crippen LogP contribution in [0.5, 0.6) is 0 Å². The Hall–Kier alpha value is -3.62.